The highest BCUT2D eigenvalue weighted by atomic mass is 35.5. The maximum atomic E-state index is 11.9. The Bertz CT molecular complexity index is 906. The highest BCUT2D eigenvalue weighted by molar-refractivity contribution is 6.42. The third-order valence-corrected chi connectivity index (χ3v) is 4.24. The fraction of sp³-hybridized carbons (Fsp3) is 0.111. The van der Waals surface area contributed by atoms with Crippen molar-refractivity contribution in [3.8, 4) is 11.5 Å². The van der Waals surface area contributed by atoms with Crippen LogP contribution in [0.5, 0.6) is 11.5 Å². The molecule has 0 radical (unpaired) electrons. The Hall–Kier alpha value is -2.41. The summed E-state index contributed by atoms with van der Waals surface area (Å²) >= 11 is 17.8. The number of ether oxygens (including phenoxy) is 3. The summed E-state index contributed by atoms with van der Waals surface area (Å²) in [5.41, 5.74) is 0.917. The van der Waals surface area contributed by atoms with E-state index in [-0.39, 0.29) is 22.5 Å². The minimum absolute atomic E-state index is 0.168. The summed E-state index contributed by atoms with van der Waals surface area (Å²) in [6.45, 7) is -0.332. The van der Waals surface area contributed by atoms with Crippen LogP contribution in [0.25, 0.3) is 6.08 Å². The van der Waals surface area contributed by atoms with E-state index in [0.29, 0.717) is 16.5 Å². The second-order valence-corrected chi connectivity index (χ2v) is 6.60. The predicted octanol–water partition coefficient (Wildman–Crippen LogP) is 4.57. The molecule has 0 spiro atoms. The van der Waals surface area contributed by atoms with Crippen molar-refractivity contribution in [2.75, 3.05) is 18.7 Å². The summed E-state index contributed by atoms with van der Waals surface area (Å²) in [6, 6.07) is 8.09. The molecule has 140 valence electrons. The summed E-state index contributed by atoms with van der Waals surface area (Å²) in [7, 11) is 0. The summed E-state index contributed by atoms with van der Waals surface area (Å²) in [5.74, 6) is -0.0328. The molecule has 0 fully saturated rings. The second-order valence-electron chi connectivity index (χ2n) is 5.35. The standard InChI is InChI=1S/C18H12Cl3NO5/c19-11-6-12(20)18(13(21)7-11)22-16(23)8-25-17(24)4-2-10-1-3-14-15(5-10)27-9-26-14/h1-7H,8-9H2,(H,22,23)/b4-2+. The van der Waals surface area contributed by atoms with Crippen LogP contribution in [0.2, 0.25) is 15.1 Å². The van der Waals surface area contributed by atoms with Crippen LogP contribution in [-0.2, 0) is 14.3 Å². The molecule has 1 heterocycles. The van der Waals surface area contributed by atoms with E-state index in [1.54, 1.807) is 18.2 Å². The zero-order valence-electron chi connectivity index (χ0n) is 13.6. The van der Waals surface area contributed by atoms with Crippen LogP contribution in [-0.4, -0.2) is 25.3 Å². The summed E-state index contributed by atoms with van der Waals surface area (Å²) in [5, 5.41) is 3.16. The molecule has 6 nitrogen and oxygen atoms in total. The third kappa shape index (κ3) is 5.07. The molecule has 0 bridgehead atoms. The largest absolute Gasteiger partial charge is 0.454 e. The molecule has 2 aromatic rings. The van der Waals surface area contributed by atoms with Gasteiger partial charge >= 0.3 is 5.97 Å². The van der Waals surface area contributed by atoms with E-state index in [4.69, 9.17) is 49.0 Å². The van der Waals surface area contributed by atoms with Crippen molar-refractivity contribution in [2.45, 2.75) is 0 Å². The molecule has 1 aliphatic rings. The fourth-order valence-electron chi connectivity index (χ4n) is 2.20. The number of carbonyl (C=O) groups excluding carboxylic acids is 2. The van der Waals surface area contributed by atoms with Crippen molar-refractivity contribution in [1.82, 2.24) is 0 Å². The van der Waals surface area contributed by atoms with E-state index in [1.165, 1.54) is 24.3 Å². The van der Waals surface area contributed by atoms with Gasteiger partial charge in [-0.25, -0.2) is 4.79 Å². The van der Waals surface area contributed by atoms with Crippen LogP contribution in [0.1, 0.15) is 5.56 Å². The number of amides is 1. The number of fused-ring (bicyclic) bond motifs is 1. The number of carbonyl (C=O) groups is 2. The maximum Gasteiger partial charge on any atom is 0.331 e. The fourth-order valence-corrected chi connectivity index (χ4v) is 3.11. The van der Waals surface area contributed by atoms with E-state index < -0.39 is 18.5 Å². The van der Waals surface area contributed by atoms with Crippen LogP contribution in [0.15, 0.2) is 36.4 Å². The zero-order chi connectivity index (χ0) is 19.4. The van der Waals surface area contributed by atoms with Gasteiger partial charge < -0.3 is 19.5 Å². The van der Waals surface area contributed by atoms with Gasteiger partial charge in [-0.05, 0) is 35.9 Å². The lowest BCUT2D eigenvalue weighted by Gasteiger charge is -2.09. The average molecular weight is 429 g/mol. The molecule has 0 aromatic heterocycles. The highest BCUT2D eigenvalue weighted by Crippen LogP contribution is 2.34. The first-order chi connectivity index (χ1) is 12.9. The predicted molar refractivity (Wildman–Crippen MR) is 103 cm³/mol. The summed E-state index contributed by atoms with van der Waals surface area (Å²) in [6.07, 6.45) is 2.74. The first kappa shape index (κ1) is 19.4. The van der Waals surface area contributed by atoms with Crippen molar-refractivity contribution in [2.24, 2.45) is 0 Å². The molecule has 0 saturated carbocycles. The first-order valence-electron chi connectivity index (χ1n) is 7.61. The van der Waals surface area contributed by atoms with E-state index in [9.17, 15) is 9.59 Å². The van der Waals surface area contributed by atoms with E-state index in [2.05, 4.69) is 5.32 Å². The lowest BCUT2D eigenvalue weighted by molar-refractivity contribution is -0.142. The number of esters is 1. The van der Waals surface area contributed by atoms with E-state index >= 15 is 0 Å². The van der Waals surface area contributed by atoms with Gasteiger partial charge in [-0.3, -0.25) is 4.79 Å². The van der Waals surface area contributed by atoms with Gasteiger partial charge in [0, 0.05) is 11.1 Å². The van der Waals surface area contributed by atoms with Crippen LogP contribution >= 0.6 is 34.8 Å². The van der Waals surface area contributed by atoms with Gasteiger partial charge in [-0.2, -0.15) is 0 Å². The zero-order valence-corrected chi connectivity index (χ0v) is 15.9. The lowest BCUT2D eigenvalue weighted by atomic mass is 10.2. The number of rotatable bonds is 5. The number of hydrogen-bond donors (Lipinski definition) is 1. The molecule has 0 atom stereocenters. The minimum atomic E-state index is -0.684. The van der Waals surface area contributed by atoms with Gasteiger partial charge in [0.2, 0.25) is 6.79 Å². The molecule has 1 N–H and O–H groups in total. The minimum Gasteiger partial charge on any atom is -0.454 e. The Morgan fingerprint density at radius 3 is 2.52 bits per heavy atom. The Morgan fingerprint density at radius 1 is 1.07 bits per heavy atom. The summed E-state index contributed by atoms with van der Waals surface area (Å²) < 4.78 is 15.3. The lowest BCUT2D eigenvalue weighted by Crippen LogP contribution is -2.20. The number of hydrogen-bond acceptors (Lipinski definition) is 5. The highest BCUT2D eigenvalue weighted by Gasteiger charge is 2.14. The second kappa shape index (κ2) is 8.52. The van der Waals surface area contributed by atoms with Gasteiger partial charge in [0.05, 0.1) is 15.7 Å². The van der Waals surface area contributed by atoms with E-state index in [0.717, 1.165) is 5.56 Å². The Kier molecular flexibility index (Phi) is 6.11. The molecule has 0 aliphatic carbocycles. The molecule has 0 saturated heterocycles. The quantitative estimate of drug-likeness (QED) is 0.558. The van der Waals surface area contributed by atoms with Crippen LogP contribution in [0.4, 0.5) is 5.69 Å². The van der Waals surface area contributed by atoms with Gasteiger partial charge in [0.25, 0.3) is 5.91 Å². The molecule has 1 amide bonds. The Labute approximate surface area is 169 Å². The molecule has 2 aromatic carbocycles. The molecular formula is C18H12Cl3NO5. The van der Waals surface area contributed by atoms with Gasteiger partial charge in [0.15, 0.2) is 18.1 Å². The van der Waals surface area contributed by atoms with Crippen molar-refractivity contribution in [1.29, 1.82) is 0 Å². The first-order valence-corrected chi connectivity index (χ1v) is 8.74. The van der Waals surface area contributed by atoms with Crippen LogP contribution in [0.3, 0.4) is 0 Å². The van der Waals surface area contributed by atoms with Gasteiger partial charge in [0.1, 0.15) is 0 Å². The molecule has 1 aliphatic heterocycles. The maximum absolute atomic E-state index is 11.9. The smallest absolute Gasteiger partial charge is 0.331 e. The average Bonchev–Trinajstić information content (AvgIpc) is 3.09. The molecule has 9 heteroatoms. The number of benzene rings is 2. The van der Waals surface area contributed by atoms with Crippen molar-refractivity contribution in [3.63, 3.8) is 0 Å². The molecule has 3 rings (SSSR count). The Morgan fingerprint density at radius 2 is 1.78 bits per heavy atom. The molecular weight excluding hydrogens is 417 g/mol. The van der Waals surface area contributed by atoms with Gasteiger partial charge in [-0.15, -0.1) is 0 Å². The monoisotopic (exact) mass is 427 g/mol. The van der Waals surface area contributed by atoms with Crippen molar-refractivity contribution in [3.05, 3.63) is 57.0 Å². The SMILES string of the molecule is O=C(COC(=O)/C=C/c1ccc2c(c1)OCO2)Nc1c(Cl)cc(Cl)cc1Cl. The number of halogens is 3. The molecule has 0 unspecified atom stereocenters. The topological polar surface area (TPSA) is 73.9 Å². The number of anilines is 1. The third-order valence-electron chi connectivity index (χ3n) is 3.43. The van der Waals surface area contributed by atoms with Crippen LogP contribution < -0.4 is 14.8 Å². The number of nitrogens with one attached hydrogen (secondary N) is 1. The van der Waals surface area contributed by atoms with Crippen molar-refractivity contribution >= 4 is 58.4 Å². The normalized spacial score (nSPS) is 12.3. The van der Waals surface area contributed by atoms with Crippen LogP contribution in [0, 0.1) is 0 Å². The van der Waals surface area contributed by atoms with E-state index in [1.807, 2.05) is 0 Å². The Balaban J connectivity index is 1.52. The van der Waals surface area contributed by atoms with Gasteiger partial charge in [-0.1, -0.05) is 40.9 Å². The van der Waals surface area contributed by atoms with Crippen molar-refractivity contribution < 1.29 is 23.8 Å². The summed E-state index contributed by atoms with van der Waals surface area (Å²) in [4.78, 5) is 23.7. The molecule has 27 heavy (non-hydrogen) atoms.